The lowest BCUT2D eigenvalue weighted by Gasteiger charge is -2.27. The van der Waals surface area contributed by atoms with Gasteiger partial charge in [0.1, 0.15) is 5.78 Å². The van der Waals surface area contributed by atoms with E-state index in [0.717, 1.165) is 25.0 Å². The lowest BCUT2D eigenvalue weighted by Crippen LogP contribution is -2.26. The number of nitrogens with zero attached hydrogens (tertiary/aromatic N) is 1. The first-order valence-corrected chi connectivity index (χ1v) is 7.28. The summed E-state index contributed by atoms with van der Waals surface area (Å²) in [5.74, 6) is 2.42. The third-order valence-corrected chi connectivity index (χ3v) is 4.26. The second-order valence-electron chi connectivity index (χ2n) is 5.41. The summed E-state index contributed by atoms with van der Waals surface area (Å²) in [4.78, 5) is 16.5. The van der Waals surface area contributed by atoms with Crippen molar-refractivity contribution < 1.29 is 14.3 Å². The van der Waals surface area contributed by atoms with E-state index >= 15 is 0 Å². The molecule has 2 atom stereocenters. The molecule has 0 N–H and O–H groups in total. The molecule has 110 valence electrons. The number of pyridine rings is 1. The van der Waals surface area contributed by atoms with Crippen LogP contribution in [0.2, 0.25) is 0 Å². The maximum absolute atomic E-state index is 12.1. The zero-order valence-corrected chi connectivity index (χ0v) is 12.5. The van der Waals surface area contributed by atoms with Crippen molar-refractivity contribution in [1.29, 1.82) is 0 Å². The van der Waals surface area contributed by atoms with Crippen LogP contribution in [0.5, 0.6) is 11.5 Å². The van der Waals surface area contributed by atoms with Gasteiger partial charge in [0.15, 0.2) is 11.5 Å². The number of ether oxygens (including phenoxy) is 2. The highest BCUT2D eigenvalue weighted by atomic mass is 16.5. The van der Waals surface area contributed by atoms with E-state index in [1.807, 2.05) is 0 Å². The Morgan fingerprint density at radius 3 is 2.80 bits per heavy atom. The molecule has 1 aliphatic rings. The Hall–Kier alpha value is -1.58. The highest BCUT2D eigenvalue weighted by Gasteiger charge is 2.29. The molecule has 0 radical (unpaired) electrons. The van der Waals surface area contributed by atoms with E-state index in [9.17, 15) is 4.79 Å². The number of hydrogen-bond donors (Lipinski definition) is 0. The molecule has 0 bridgehead atoms. The zero-order chi connectivity index (χ0) is 14.5. The molecule has 0 spiro atoms. The lowest BCUT2D eigenvalue weighted by molar-refractivity contribution is -0.125. The minimum Gasteiger partial charge on any atom is -0.493 e. The quantitative estimate of drug-likeness (QED) is 0.830. The van der Waals surface area contributed by atoms with Crippen LogP contribution in [0.1, 0.15) is 38.3 Å². The Morgan fingerprint density at radius 1 is 1.35 bits per heavy atom. The smallest absolute Gasteiger partial charge is 0.182 e. The third kappa shape index (κ3) is 3.11. The molecule has 1 heterocycles. The van der Waals surface area contributed by atoms with E-state index in [-0.39, 0.29) is 5.92 Å². The summed E-state index contributed by atoms with van der Waals surface area (Å²) in [6.45, 7) is 2.20. The highest BCUT2D eigenvalue weighted by Crippen LogP contribution is 2.35. The summed E-state index contributed by atoms with van der Waals surface area (Å²) in [6, 6.07) is 1.78. The number of methoxy groups -OCH3 is 2. The molecule has 1 saturated carbocycles. The SMILES string of the molecule is CCC1CCC(=O)C(Cc2nccc(OC)c2OC)C1. The molecule has 2 unspecified atom stereocenters. The second kappa shape index (κ2) is 6.73. The van der Waals surface area contributed by atoms with E-state index in [4.69, 9.17) is 9.47 Å². The summed E-state index contributed by atoms with van der Waals surface area (Å²) in [6.07, 6.45) is 6.21. The van der Waals surface area contributed by atoms with Gasteiger partial charge >= 0.3 is 0 Å². The number of aromatic nitrogens is 1. The van der Waals surface area contributed by atoms with Crippen molar-refractivity contribution in [3.63, 3.8) is 0 Å². The van der Waals surface area contributed by atoms with Crippen LogP contribution in [-0.2, 0) is 11.2 Å². The maximum atomic E-state index is 12.1. The van der Waals surface area contributed by atoms with Gasteiger partial charge in [-0.3, -0.25) is 9.78 Å². The van der Waals surface area contributed by atoms with Crippen LogP contribution in [0.3, 0.4) is 0 Å². The Morgan fingerprint density at radius 2 is 2.15 bits per heavy atom. The lowest BCUT2D eigenvalue weighted by atomic mass is 9.77. The Labute approximate surface area is 120 Å². The zero-order valence-electron chi connectivity index (χ0n) is 12.5. The van der Waals surface area contributed by atoms with Crippen molar-refractivity contribution in [3.8, 4) is 11.5 Å². The summed E-state index contributed by atoms with van der Waals surface area (Å²) in [5, 5.41) is 0. The van der Waals surface area contributed by atoms with Gasteiger partial charge in [-0.25, -0.2) is 0 Å². The molecule has 0 saturated heterocycles. The fourth-order valence-electron chi connectivity index (χ4n) is 3.00. The number of ketones is 1. The molecule has 2 rings (SSSR count). The van der Waals surface area contributed by atoms with Gasteiger partial charge in [-0.15, -0.1) is 0 Å². The Kier molecular flexibility index (Phi) is 4.99. The summed E-state index contributed by atoms with van der Waals surface area (Å²) in [5.41, 5.74) is 0.821. The van der Waals surface area contributed by atoms with E-state index in [1.54, 1.807) is 26.5 Å². The molecular formula is C16H23NO3. The van der Waals surface area contributed by atoms with Gasteiger partial charge in [0.05, 0.1) is 19.9 Å². The maximum Gasteiger partial charge on any atom is 0.182 e. The molecule has 1 aliphatic carbocycles. The largest absolute Gasteiger partial charge is 0.493 e. The molecule has 1 fully saturated rings. The number of hydrogen-bond acceptors (Lipinski definition) is 4. The molecule has 1 aromatic heterocycles. The number of Topliss-reactive ketones (excluding diaryl/α,β-unsaturated/α-hetero) is 1. The minimum atomic E-state index is 0.0715. The van der Waals surface area contributed by atoms with Crippen LogP contribution in [0.4, 0.5) is 0 Å². The summed E-state index contributed by atoms with van der Waals surface area (Å²) < 4.78 is 10.7. The highest BCUT2D eigenvalue weighted by molar-refractivity contribution is 5.82. The minimum absolute atomic E-state index is 0.0715. The molecule has 0 amide bonds. The van der Waals surface area contributed by atoms with Crippen molar-refractivity contribution in [1.82, 2.24) is 4.98 Å². The standard InChI is InChI=1S/C16H23NO3/c1-4-11-5-6-14(18)12(9-11)10-13-16(20-3)15(19-2)7-8-17-13/h7-8,11-12H,4-6,9-10H2,1-3H3. The first-order chi connectivity index (χ1) is 9.69. The number of carbonyl (C=O) groups excluding carboxylic acids is 1. The van der Waals surface area contributed by atoms with Crippen molar-refractivity contribution in [2.45, 2.75) is 39.0 Å². The molecule has 4 heteroatoms. The summed E-state index contributed by atoms with van der Waals surface area (Å²) in [7, 11) is 3.22. The van der Waals surface area contributed by atoms with Crippen molar-refractivity contribution in [2.75, 3.05) is 14.2 Å². The van der Waals surface area contributed by atoms with E-state index in [1.165, 1.54) is 0 Å². The van der Waals surface area contributed by atoms with Gasteiger partial charge in [-0.2, -0.15) is 0 Å². The molecule has 20 heavy (non-hydrogen) atoms. The first-order valence-electron chi connectivity index (χ1n) is 7.28. The van der Waals surface area contributed by atoms with Crippen LogP contribution in [-0.4, -0.2) is 25.0 Å². The Bertz CT molecular complexity index is 473. The van der Waals surface area contributed by atoms with Gasteiger partial charge in [-0.1, -0.05) is 13.3 Å². The fraction of sp³-hybridized carbons (Fsp3) is 0.625. The van der Waals surface area contributed by atoms with Crippen LogP contribution < -0.4 is 9.47 Å². The van der Waals surface area contributed by atoms with Gasteiger partial charge in [0.25, 0.3) is 0 Å². The predicted octanol–water partition coefficient (Wildman–Crippen LogP) is 3.04. The average molecular weight is 277 g/mol. The molecular weight excluding hydrogens is 254 g/mol. The molecule has 4 nitrogen and oxygen atoms in total. The second-order valence-corrected chi connectivity index (χ2v) is 5.41. The van der Waals surface area contributed by atoms with Gasteiger partial charge in [0.2, 0.25) is 0 Å². The first kappa shape index (κ1) is 14.8. The van der Waals surface area contributed by atoms with E-state index in [0.29, 0.717) is 36.0 Å². The molecule has 1 aromatic rings. The number of carbonyl (C=O) groups is 1. The summed E-state index contributed by atoms with van der Waals surface area (Å²) >= 11 is 0. The third-order valence-electron chi connectivity index (χ3n) is 4.26. The topological polar surface area (TPSA) is 48.4 Å². The van der Waals surface area contributed by atoms with E-state index < -0.39 is 0 Å². The van der Waals surface area contributed by atoms with Crippen LogP contribution >= 0.6 is 0 Å². The fourth-order valence-corrected chi connectivity index (χ4v) is 3.00. The van der Waals surface area contributed by atoms with Crippen LogP contribution in [0.15, 0.2) is 12.3 Å². The Balaban J connectivity index is 2.18. The van der Waals surface area contributed by atoms with Crippen LogP contribution in [0.25, 0.3) is 0 Å². The average Bonchev–Trinajstić information content (AvgIpc) is 2.49. The van der Waals surface area contributed by atoms with Crippen molar-refractivity contribution in [2.24, 2.45) is 11.8 Å². The van der Waals surface area contributed by atoms with Crippen molar-refractivity contribution in [3.05, 3.63) is 18.0 Å². The van der Waals surface area contributed by atoms with E-state index in [2.05, 4.69) is 11.9 Å². The van der Waals surface area contributed by atoms with Gasteiger partial charge in [-0.05, 0) is 18.8 Å². The monoisotopic (exact) mass is 277 g/mol. The van der Waals surface area contributed by atoms with Gasteiger partial charge < -0.3 is 9.47 Å². The van der Waals surface area contributed by atoms with Gasteiger partial charge in [0, 0.05) is 31.0 Å². The van der Waals surface area contributed by atoms with Crippen molar-refractivity contribution >= 4 is 5.78 Å². The predicted molar refractivity (Wildman–Crippen MR) is 77.2 cm³/mol. The molecule has 0 aromatic carbocycles. The van der Waals surface area contributed by atoms with Crippen LogP contribution in [0, 0.1) is 11.8 Å². The normalized spacial score (nSPS) is 22.6. The molecule has 0 aliphatic heterocycles. The number of rotatable bonds is 5.